The van der Waals surface area contributed by atoms with Crippen molar-refractivity contribution in [2.24, 2.45) is 0 Å². The Bertz CT molecular complexity index is 537. The normalized spacial score (nSPS) is 11.9. The van der Waals surface area contributed by atoms with Crippen molar-refractivity contribution in [3.05, 3.63) is 53.9 Å². The van der Waals surface area contributed by atoms with Gasteiger partial charge in [0.05, 0.1) is 13.2 Å². The quantitative estimate of drug-likeness (QED) is 0.762. The average Bonchev–Trinajstić information content (AvgIpc) is 2.98. The van der Waals surface area contributed by atoms with Crippen molar-refractivity contribution in [3.63, 3.8) is 0 Å². The molecule has 2 aromatic rings. The second kappa shape index (κ2) is 6.06. The predicted octanol–water partition coefficient (Wildman–Crippen LogP) is 1.49. The number of carbonyl (C=O) groups excluding carboxylic acids is 1. The zero-order valence-electron chi connectivity index (χ0n) is 10.6. The molecule has 0 saturated carbocycles. The van der Waals surface area contributed by atoms with Crippen molar-refractivity contribution in [2.75, 3.05) is 13.7 Å². The fourth-order valence-corrected chi connectivity index (χ4v) is 1.72. The molecular weight excluding hydrogens is 244 g/mol. The maximum atomic E-state index is 11.7. The summed E-state index contributed by atoms with van der Waals surface area (Å²) >= 11 is 0. The van der Waals surface area contributed by atoms with Gasteiger partial charge < -0.3 is 20.1 Å². The summed E-state index contributed by atoms with van der Waals surface area (Å²) < 4.78 is 5.09. The van der Waals surface area contributed by atoms with Gasteiger partial charge >= 0.3 is 0 Å². The standard InChI is InChI=1S/C14H16N2O3/c1-19-11-5-2-4-10(8-11)13(17)9-16-14(18)12-6-3-7-15-12/h2-8,13,15,17H,9H2,1H3,(H,16,18). The molecule has 100 valence electrons. The Balaban J connectivity index is 1.93. The molecule has 1 atom stereocenters. The van der Waals surface area contributed by atoms with Crippen molar-refractivity contribution < 1.29 is 14.6 Å². The van der Waals surface area contributed by atoms with Gasteiger partial charge in [0.2, 0.25) is 0 Å². The molecule has 2 rings (SSSR count). The van der Waals surface area contributed by atoms with Crippen LogP contribution in [0.4, 0.5) is 0 Å². The lowest BCUT2D eigenvalue weighted by Gasteiger charge is -2.12. The van der Waals surface area contributed by atoms with Crippen molar-refractivity contribution >= 4 is 5.91 Å². The first-order valence-electron chi connectivity index (χ1n) is 5.94. The van der Waals surface area contributed by atoms with Gasteiger partial charge in [0, 0.05) is 12.7 Å². The number of aromatic nitrogens is 1. The molecule has 0 bridgehead atoms. The first-order valence-corrected chi connectivity index (χ1v) is 5.94. The van der Waals surface area contributed by atoms with Crippen LogP contribution in [-0.2, 0) is 0 Å². The van der Waals surface area contributed by atoms with E-state index in [1.54, 1.807) is 49.7 Å². The number of hydrogen-bond acceptors (Lipinski definition) is 3. The minimum Gasteiger partial charge on any atom is -0.497 e. The van der Waals surface area contributed by atoms with Gasteiger partial charge in [-0.25, -0.2) is 0 Å². The van der Waals surface area contributed by atoms with Crippen LogP contribution in [0.2, 0.25) is 0 Å². The molecule has 1 aromatic carbocycles. The van der Waals surface area contributed by atoms with Crippen LogP contribution >= 0.6 is 0 Å². The maximum absolute atomic E-state index is 11.7. The van der Waals surface area contributed by atoms with E-state index in [0.717, 1.165) is 0 Å². The Labute approximate surface area is 111 Å². The molecule has 0 saturated heterocycles. The third-order valence-corrected chi connectivity index (χ3v) is 2.78. The zero-order chi connectivity index (χ0) is 13.7. The Morgan fingerprint density at radius 1 is 1.42 bits per heavy atom. The number of aromatic amines is 1. The van der Waals surface area contributed by atoms with Crippen LogP contribution in [0.15, 0.2) is 42.6 Å². The molecule has 0 radical (unpaired) electrons. The molecule has 1 unspecified atom stereocenters. The minimum atomic E-state index is -0.769. The fourth-order valence-electron chi connectivity index (χ4n) is 1.72. The molecule has 1 aromatic heterocycles. The van der Waals surface area contributed by atoms with Gasteiger partial charge in [0.1, 0.15) is 11.4 Å². The van der Waals surface area contributed by atoms with Gasteiger partial charge in [-0.05, 0) is 29.8 Å². The molecule has 3 N–H and O–H groups in total. The predicted molar refractivity (Wildman–Crippen MR) is 71.1 cm³/mol. The Kier molecular flexibility index (Phi) is 4.20. The van der Waals surface area contributed by atoms with Crippen molar-refractivity contribution in [2.45, 2.75) is 6.10 Å². The number of ether oxygens (including phenoxy) is 1. The van der Waals surface area contributed by atoms with Gasteiger partial charge in [0.25, 0.3) is 5.91 Å². The van der Waals surface area contributed by atoms with E-state index in [4.69, 9.17) is 4.74 Å². The van der Waals surface area contributed by atoms with E-state index in [0.29, 0.717) is 17.0 Å². The number of hydrogen-bond donors (Lipinski definition) is 3. The Morgan fingerprint density at radius 2 is 2.26 bits per heavy atom. The third kappa shape index (κ3) is 3.35. The van der Waals surface area contributed by atoms with Crippen molar-refractivity contribution in [1.29, 1.82) is 0 Å². The summed E-state index contributed by atoms with van der Waals surface area (Å²) in [4.78, 5) is 14.5. The van der Waals surface area contributed by atoms with E-state index < -0.39 is 6.10 Å². The molecule has 0 aliphatic rings. The Hall–Kier alpha value is -2.27. The summed E-state index contributed by atoms with van der Waals surface area (Å²) in [6.45, 7) is 0.144. The summed E-state index contributed by atoms with van der Waals surface area (Å²) in [5.41, 5.74) is 1.17. The third-order valence-electron chi connectivity index (χ3n) is 2.78. The van der Waals surface area contributed by atoms with Crippen LogP contribution in [0, 0.1) is 0 Å². The molecule has 0 fully saturated rings. The zero-order valence-corrected chi connectivity index (χ0v) is 10.6. The highest BCUT2D eigenvalue weighted by Crippen LogP contribution is 2.18. The number of H-pyrrole nitrogens is 1. The molecule has 0 aliphatic carbocycles. The van der Waals surface area contributed by atoms with Crippen LogP contribution in [0.3, 0.4) is 0 Å². The highest BCUT2D eigenvalue weighted by molar-refractivity contribution is 5.92. The Morgan fingerprint density at radius 3 is 2.95 bits per heavy atom. The van der Waals surface area contributed by atoms with Gasteiger partial charge in [-0.15, -0.1) is 0 Å². The molecule has 1 heterocycles. The largest absolute Gasteiger partial charge is 0.497 e. The van der Waals surface area contributed by atoms with E-state index in [1.165, 1.54) is 0 Å². The van der Waals surface area contributed by atoms with Crippen LogP contribution in [0.25, 0.3) is 0 Å². The number of aliphatic hydroxyl groups excluding tert-OH is 1. The van der Waals surface area contributed by atoms with Crippen molar-refractivity contribution in [3.8, 4) is 5.75 Å². The molecular formula is C14H16N2O3. The number of aliphatic hydroxyl groups is 1. The number of carbonyl (C=O) groups is 1. The van der Waals surface area contributed by atoms with E-state index in [2.05, 4.69) is 10.3 Å². The lowest BCUT2D eigenvalue weighted by Crippen LogP contribution is -2.28. The second-order valence-electron chi connectivity index (χ2n) is 4.09. The second-order valence-corrected chi connectivity index (χ2v) is 4.09. The number of methoxy groups -OCH3 is 1. The van der Waals surface area contributed by atoms with E-state index in [9.17, 15) is 9.90 Å². The van der Waals surface area contributed by atoms with Crippen LogP contribution in [-0.4, -0.2) is 29.7 Å². The first-order chi connectivity index (χ1) is 9.20. The molecule has 0 aliphatic heterocycles. The molecule has 1 amide bonds. The average molecular weight is 260 g/mol. The fraction of sp³-hybridized carbons (Fsp3) is 0.214. The van der Waals surface area contributed by atoms with Gasteiger partial charge in [-0.3, -0.25) is 4.79 Å². The minimum absolute atomic E-state index is 0.144. The van der Waals surface area contributed by atoms with E-state index >= 15 is 0 Å². The van der Waals surface area contributed by atoms with Gasteiger partial charge in [-0.2, -0.15) is 0 Å². The summed E-state index contributed by atoms with van der Waals surface area (Å²) in [5, 5.41) is 12.7. The van der Waals surface area contributed by atoms with E-state index in [1.807, 2.05) is 0 Å². The lowest BCUT2D eigenvalue weighted by molar-refractivity contribution is 0.0912. The number of benzene rings is 1. The number of nitrogens with one attached hydrogen (secondary N) is 2. The maximum Gasteiger partial charge on any atom is 0.267 e. The van der Waals surface area contributed by atoms with Gasteiger partial charge in [0.15, 0.2) is 0 Å². The summed E-state index contributed by atoms with van der Waals surface area (Å²) in [7, 11) is 1.57. The topological polar surface area (TPSA) is 74.3 Å². The highest BCUT2D eigenvalue weighted by atomic mass is 16.5. The van der Waals surface area contributed by atoms with E-state index in [-0.39, 0.29) is 12.5 Å². The van der Waals surface area contributed by atoms with Crippen molar-refractivity contribution in [1.82, 2.24) is 10.3 Å². The van der Waals surface area contributed by atoms with Crippen LogP contribution in [0.1, 0.15) is 22.2 Å². The summed E-state index contributed by atoms with van der Waals surface area (Å²) in [5.74, 6) is 0.430. The van der Waals surface area contributed by atoms with Gasteiger partial charge in [-0.1, -0.05) is 12.1 Å². The molecule has 19 heavy (non-hydrogen) atoms. The molecule has 0 spiro atoms. The molecule has 5 nitrogen and oxygen atoms in total. The number of rotatable bonds is 5. The molecule has 5 heteroatoms. The first kappa shape index (κ1) is 13.2. The smallest absolute Gasteiger partial charge is 0.267 e. The van der Waals surface area contributed by atoms with Crippen LogP contribution < -0.4 is 10.1 Å². The lowest BCUT2D eigenvalue weighted by atomic mass is 10.1. The SMILES string of the molecule is COc1cccc(C(O)CNC(=O)c2ccc[nH]2)c1. The number of amides is 1. The summed E-state index contributed by atoms with van der Waals surface area (Å²) in [6.07, 6.45) is 0.905. The summed E-state index contributed by atoms with van der Waals surface area (Å²) in [6, 6.07) is 10.5. The highest BCUT2D eigenvalue weighted by Gasteiger charge is 2.11. The monoisotopic (exact) mass is 260 g/mol. The van der Waals surface area contributed by atoms with Crippen LogP contribution in [0.5, 0.6) is 5.75 Å².